The van der Waals surface area contributed by atoms with Gasteiger partial charge in [0.1, 0.15) is 13.2 Å². The van der Waals surface area contributed by atoms with Crippen LogP contribution in [0.4, 0.5) is 0 Å². The van der Waals surface area contributed by atoms with Gasteiger partial charge >= 0.3 is 17.9 Å². The second-order valence-electron chi connectivity index (χ2n) is 18.8. The molecule has 0 aliphatic rings. The second kappa shape index (κ2) is 44.9. The van der Waals surface area contributed by atoms with Crippen molar-refractivity contribution in [3.8, 4) is 0 Å². The highest BCUT2D eigenvalue weighted by molar-refractivity contribution is 5.71. The number of rotatable bonds is 46. The molecule has 0 bridgehead atoms. The van der Waals surface area contributed by atoms with Gasteiger partial charge in [0.15, 0.2) is 6.10 Å². The third-order valence-corrected chi connectivity index (χ3v) is 11.7. The smallest absolute Gasteiger partial charge is 0.306 e. The largest absolute Gasteiger partial charge is 0.462 e. The fourth-order valence-electron chi connectivity index (χ4n) is 7.81. The van der Waals surface area contributed by atoms with Crippen LogP contribution in [0.2, 0.25) is 0 Å². The Morgan fingerprint density at radius 2 is 0.569 bits per heavy atom. The molecule has 0 aromatic carbocycles. The molecule has 0 aromatic heterocycles. The number of carbonyl (C=O) groups is 3. The zero-order chi connectivity index (χ0) is 42.6. The lowest BCUT2D eigenvalue weighted by Gasteiger charge is -2.18. The molecular formula is C52H100O6. The summed E-state index contributed by atoms with van der Waals surface area (Å²) in [5.41, 5.74) is 0. The Morgan fingerprint density at radius 1 is 0.328 bits per heavy atom. The van der Waals surface area contributed by atoms with Crippen LogP contribution in [0.1, 0.15) is 285 Å². The van der Waals surface area contributed by atoms with Gasteiger partial charge in [-0.3, -0.25) is 14.4 Å². The van der Waals surface area contributed by atoms with Gasteiger partial charge in [-0.1, -0.05) is 247 Å². The molecule has 344 valence electrons. The average molecular weight is 821 g/mol. The second-order valence-corrected chi connectivity index (χ2v) is 18.8. The Bertz CT molecular complexity index is 885. The minimum atomic E-state index is -0.761. The number of hydrogen-bond acceptors (Lipinski definition) is 6. The van der Waals surface area contributed by atoms with Crippen molar-refractivity contribution in [3.05, 3.63) is 0 Å². The lowest BCUT2D eigenvalue weighted by molar-refractivity contribution is -0.167. The van der Waals surface area contributed by atoms with Crippen LogP contribution in [-0.2, 0) is 28.6 Å². The molecule has 0 saturated carbocycles. The molecule has 1 atom stereocenters. The number of esters is 3. The van der Waals surface area contributed by atoms with E-state index in [1.54, 1.807) is 0 Å². The van der Waals surface area contributed by atoms with Crippen molar-refractivity contribution in [1.82, 2.24) is 0 Å². The van der Waals surface area contributed by atoms with Gasteiger partial charge in [-0.2, -0.15) is 0 Å². The van der Waals surface area contributed by atoms with E-state index in [1.165, 1.54) is 173 Å². The van der Waals surface area contributed by atoms with E-state index >= 15 is 0 Å². The summed E-state index contributed by atoms with van der Waals surface area (Å²) >= 11 is 0. The van der Waals surface area contributed by atoms with Gasteiger partial charge in [-0.25, -0.2) is 0 Å². The van der Waals surface area contributed by atoms with Crippen LogP contribution < -0.4 is 0 Å². The minimum Gasteiger partial charge on any atom is -0.462 e. The van der Waals surface area contributed by atoms with Crippen molar-refractivity contribution in [1.29, 1.82) is 0 Å². The zero-order valence-electron chi connectivity index (χ0n) is 39.7. The quantitative estimate of drug-likeness (QED) is 0.0346. The van der Waals surface area contributed by atoms with E-state index in [0.717, 1.165) is 69.6 Å². The topological polar surface area (TPSA) is 78.9 Å². The molecule has 0 heterocycles. The van der Waals surface area contributed by atoms with Crippen LogP contribution in [-0.4, -0.2) is 37.2 Å². The molecule has 0 aromatic rings. The van der Waals surface area contributed by atoms with Crippen LogP contribution in [0.15, 0.2) is 0 Å². The van der Waals surface area contributed by atoms with E-state index in [0.29, 0.717) is 19.3 Å². The first-order valence-corrected chi connectivity index (χ1v) is 25.7. The third kappa shape index (κ3) is 45.5. The van der Waals surface area contributed by atoms with Gasteiger partial charge in [0, 0.05) is 19.3 Å². The summed E-state index contributed by atoms with van der Waals surface area (Å²) in [5.74, 6) is 0.784. The fourth-order valence-corrected chi connectivity index (χ4v) is 7.81. The zero-order valence-corrected chi connectivity index (χ0v) is 39.7. The first-order valence-electron chi connectivity index (χ1n) is 25.7. The summed E-state index contributed by atoms with van der Waals surface area (Å²) in [6.07, 6.45) is 45.1. The van der Waals surface area contributed by atoms with E-state index < -0.39 is 6.10 Å². The van der Waals surface area contributed by atoms with Crippen LogP contribution in [0, 0.1) is 11.8 Å². The molecule has 6 nitrogen and oxygen atoms in total. The Labute approximate surface area is 361 Å². The van der Waals surface area contributed by atoms with Gasteiger partial charge < -0.3 is 14.2 Å². The van der Waals surface area contributed by atoms with Crippen LogP contribution in [0.5, 0.6) is 0 Å². The van der Waals surface area contributed by atoms with Crippen molar-refractivity contribution in [2.24, 2.45) is 11.8 Å². The van der Waals surface area contributed by atoms with Gasteiger partial charge in [0.05, 0.1) is 0 Å². The van der Waals surface area contributed by atoms with E-state index in [9.17, 15) is 14.4 Å². The highest BCUT2D eigenvalue weighted by atomic mass is 16.6. The maximum absolute atomic E-state index is 12.8. The SMILES string of the molecule is CCCCCCCCCCCCCCCCC(=O)OC[C@@H](COC(=O)CCCCCCCCCCCC(C)C)OC(=O)CCCCCCCCCCCCCC(C)C. The third-order valence-electron chi connectivity index (χ3n) is 11.7. The Balaban J connectivity index is 4.32. The van der Waals surface area contributed by atoms with Gasteiger partial charge in [0.25, 0.3) is 0 Å². The highest BCUT2D eigenvalue weighted by Crippen LogP contribution is 2.17. The summed E-state index contributed by atoms with van der Waals surface area (Å²) < 4.78 is 16.8. The van der Waals surface area contributed by atoms with Crippen LogP contribution in [0.3, 0.4) is 0 Å². The molecule has 0 unspecified atom stereocenters. The minimum absolute atomic E-state index is 0.0638. The average Bonchev–Trinajstić information content (AvgIpc) is 3.19. The molecule has 0 saturated heterocycles. The molecule has 0 amide bonds. The molecular weight excluding hydrogens is 721 g/mol. The number of unbranched alkanes of at least 4 members (excludes halogenated alkanes) is 31. The number of carbonyl (C=O) groups excluding carboxylic acids is 3. The lowest BCUT2D eigenvalue weighted by Crippen LogP contribution is -2.30. The van der Waals surface area contributed by atoms with Crippen LogP contribution in [0.25, 0.3) is 0 Å². The number of ether oxygens (including phenoxy) is 3. The van der Waals surface area contributed by atoms with E-state index in [1.807, 2.05) is 0 Å². The first-order chi connectivity index (χ1) is 28.2. The van der Waals surface area contributed by atoms with Gasteiger partial charge in [-0.15, -0.1) is 0 Å². The molecule has 0 N–H and O–H groups in total. The molecule has 58 heavy (non-hydrogen) atoms. The fraction of sp³-hybridized carbons (Fsp3) is 0.942. The monoisotopic (exact) mass is 821 g/mol. The Morgan fingerprint density at radius 3 is 0.845 bits per heavy atom. The maximum Gasteiger partial charge on any atom is 0.306 e. The predicted molar refractivity (Wildman–Crippen MR) is 247 cm³/mol. The molecule has 0 aliphatic carbocycles. The van der Waals surface area contributed by atoms with Crippen molar-refractivity contribution >= 4 is 17.9 Å². The molecule has 0 rings (SSSR count). The van der Waals surface area contributed by atoms with Crippen molar-refractivity contribution in [2.45, 2.75) is 291 Å². The summed E-state index contributed by atoms with van der Waals surface area (Å²) in [6, 6.07) is 0. The Hall–Kier alpha value is -1.59. The lowest BCUT2D eigenvalue weighted by atomic mass is 10.0. The van der Waals surface area contributed by atoms with E-state index in [2.05, 4.69) is 34.6 Å². The molecule has 6 heteroatoms. The van der Waals surface area contributed by atoms with Crippen molar-refractivity contribution in [3.63, 3.8) is 0 Å². The summed E-state index contributed by atoms with van der Waals surface area (Å²) in [4.78, 5) is 37.9. The Kier molecular flexibility index (Phi) is 43.7. The standard InChI is InChI=1S/C52H100O6/c1-6-7-8-9-10-11-12-13-14-17-22-27-32-37-42-50(53)56-45-49(46-57-51(54)43-38-33-28-24-19-21-26-31-36-41-48(4)5)58-52(55)44-39-34-29-23-18-15-16-20-25-30-35-40-47(2)3/h47-49H,6-46H2,1-5H3/t49-/m0/s1. The molecule has 0 radical (unpaired) electrons. The first kappa shape index (κ1) is 56.4. The highest BCUT2D eigenvalue weighted by Gasteiger charge is 2.19. The van der Waals surface area contributed by atoms with Gasteiger partial charge in [0.2, 0.25) is 0 Å². The molecule has 0 fully saturated rings. The molecule has 0 spiro atoms. The summed E-state index contributed by atoms with van der Waals surface area (Å²) in [7, 11) is 0. The summed E-state index contributed by atoms with van der Waals surface area (Å²) in [5, 5.41) is 0. The van der Waals surface area contributed by atoms with Crippen molar-refractivity contribution in [2.75, 3.05) is 13.2 Å². The molecule has 0 aliphatic heterocycles. The van der Waals surface area contributed by atoms with Gasteiger partial charge in [-0.05, 0) is 31.1 Å². The van der Waals surface area contributed by atoms with Crippen LogP contribution >= 0.6 is 0 Å². The maximum atomic E-state index is 12.8. The predicted octanol–water partition coefficient (Wildman–Crippen LogP) is 16.5. The van der Waals surface area contributed by atoms with E-state index in [-0.39, 0.29) is 31.1 Å². The van der Waals surface area contributed by atoms with E-state index in [4.69, 9.17) is 14.2 Å². The number of hydrogen-bond donors (Lipinski definition) is 0. The normalized spacial score (nSPS) is 12.1. The summed E-state index contributed by atoms with van der Waals surface area (Å²) in [6.45, 7) is 11.3. The van der Waals surface area contributed by atoms with Crippen molar-refractivity contribution < 1.29 is 28.6 Å².